The van der Waals surface area contributed by atoms with E-state index >= 15 is 0 Å². The van der Waals surface area contributed by atoms with Gasteiger partial charge in [0.1, 0.15) is 0 Å². The van der Waals surface area contributed by atoms with Crippen LogP contribution in [0.5, 0.6) is 0 Å². The second-order valence-electron chi connectivity index (χ2n) is 6.90. The first-order valence-corrected chi connectivity index (χ1v) is 11.8. The van der Waals surface area contributed by atoms with E-state index < -0.39 is 10.0 Å². The maximum absolute atomic E-state index is 12.7. The van der Waals surface area contributed by atoms with Crippen LogP contribution in [0.25, 0.3) is 11.3 Å². The molecule has 0 radical (unpaired) electrons. The Bertz CT molecular complexity index is 1130. The van der Waals surface area contributed by atoms with Crippen LogP contribution in [0.3, 0.4) is 0 Å². The molecule has 0 spiro atoms. The van der Waals surface area contributed by atoms with E-state index in [0.717, 1.165) is 11.1 Å². The number of benzene rings is 2. The van der Waals surface area contributed by atoms with Gasteiger partial charge in [-0.05, 0) is 31.2 Å². The zero-order chi connectivity index (χ0) is 21.1. The Morgan fingerprint density at radius 2 is 1.73 bits per heavy atom. The monoisotopic (exact) mass is 443 g/mol. The number of hydrogen-bond donors (Lipinski definition) is 1. The van der Waals surface area contributed by atoms with E-state index in [0.29, 0.717) is 42.7 Å². The van der Waals surface area contributed by atoms with Crippen LogP contribution < -0.4 is 5.32 Å². The summed E-state index contributed by atoms with van der Waals surface area (Å²) in [6, 6.07) is 13.9. The smallest absolute Gasteiger partial charge is 0.257 e. The third-order valence-electron chi connectivity index (χ3n) is 4.80. The topological polar surface area (TPSA) is 88.6 Å². The summed E-state index contributed by atoms with van der Waals surface area (Å²) in [5, 5.41) is 5.12. The predicted molar refractivity (Wildman–Crippen MR) is 116 cm³/mol. The van der Waals surface area contributed by atoms with Gasteiger partial charge >= 0.3 is 0 Å². The van der Waals surface area contributed by atoms with E-state index in [4.69, 9.17) is 4.74 Å². The lowest BCUT2D eigenvalue weighted by atomic mass is 10.1. The highest BCUT2D eigenvalue weighted by Gasteiger charge is 2.26. The molecular weight excluding hydrogens is 422 g/mol. The fraction of sp³-hybridized carbons (Fsp3) is 0.238. The lowest BCUT2D eigenvalue weighted by molar-refractivity contribution is 0.0730. The van der Waals surface area contributed by atoms with E-state index in [1.807, 2.05) is 24.4 Å². The molecular formula is C21H21N3O4S2. The largest absolute Gasteiger partial charge is 0.379 e. The summed E-state index contributed by atoms with van der Waals surface area (Å²) in [5.74, 6) is -0.220. The molecule has 1 amide bonds. The molecule has 1 fully saturated rings. The second kappa shape index (κ2) is 8.65. The van der Waals surface area contributed by atoms with Gasteiger partial charge in [0.05, 0.1) is 23.8 Å². The van der Waals surface area contributed by atoms with Crippen LogP contribution in [-0.4, -0.2) is 49.9 Å². The summed E-state index contributed by atoms with van der Waals surface area (Å²) in [6.45, 7) is 3.51. The van der Waals surface area contributed by atoms with E-state index in [2.05, 4.69) is 10.3 Å². The van der Waals surface area contributed by atoms with Crippen LogP contribution in [0.15, 0.2) is 58.8 Å². The number of nitrogens with zero attached hydrogens (tertiary/aromatic N) is 2. The Kier molecular flexibility index (Phi) is 5.96. The van der Waals surface area contributed by atoms with Crippen molar-refractivity contribution >= 4 is 32.4 Å². The van der Waals surface area contributed by atoms with Gasteiger partial charge in [-0.2, -0.15) is 4.31 Å². The molecule has 0 unspecified atom stereocenters. The first-order chi connectivity index (χ1) is 14.4. The fourth-order valence-corrected chi connectivity index (χ4v) is 5.19. The number of anilines is 1. The molecule has 0 aliphatic carbocycles. The fourth-order valence-electron chi connectivity index (χ4n) is 3.07. The SMILES string of the molecule is Cc1ccc(C(=O)Nc2nc(-c3ccc(S(=O)(=O)N4CCOCC4)cc3)cs2)cc1. The Labute approximate surface area is 179 Å². The van der Waals surface area contributed by atoms with Gasteiger partial charge in [0.15, 0.2) is 5.13 Å². The number of aromatic nitrogens is 1. The number of rotatable bonds is 5. The standard InChI is InChI=1S/C21H21N3O4S2/c1-15-2-4-17(5-3-15)20(25)23-21-22-19(14-29-21)16-6-8-18(9-7-16)30(26,27)24-10-12-28-13-11-24/h2-9,14H,10-13H2,1H3,(H,22,23,25). The van der Waals surface area contributed by atoms with E-state index in [1.165, 1.54) is 15.6 Å². The number of thiazole rings is 1. The van der Waals surface area contributed by atoms with Crippen LogP contribution >= 0.6 is 11.3 Å². The summed E-state index contributed by atoms with van der Waals surface area (Å²) >= 11 is 1.32. The van der Waals surface area contributed by atoms with Crippen molar-refractivity contribution in [1.82, 2.24) is 9.29 Å². The summed E-state index contributed by atoms with van der Waals surface area (Å²) < 4.78 is 32.1. The molecule has 9 heteroatoms. The number of sulfonamides is 1. The van der Waals surface area contributed by atoms with Crippen molar-refractivity contribution in [2.45, 2.75) is 11.8 Å². The highest BCUT2D eigenvalue weighted by atomic mass is 32.2. The Morgan fingerprint density at radius 1 is 1.07 bits per heavy atom. The molecule has 156 valence electrons. The lowest BCUT2D eigenvalue weighted by Crippen LogP contribution is -2.40. The number of nitrogens with one attached hydrogen (secondary N) is 1. The van der Waals surface area contributed by atoms with E-state index in [9.17, 15) is 13.2 Å². The quantitative estimate of drug-likeness (QED) is 0.653. The first kappa shape index (κ1) is 20.7. The number of aryl methyl sites for hydroxylation is 1. The molecule has 3 aromatic rings. The number of amides is 1. The van der Waals surface area contributed by atoms with Gasteiger partial charge in [-0.3, -0.25) is 10.1 Å². The van der Waals surface area contributed by atoms with Crippen molar-refractivity contribution in [3.05, 3.63) is 65.0 Å². The van der Waals surface area contributed by atoms with Gasteiger partial charge in [0.25, 0.3) is 5.91 Å². The van der Waals surface area contributed by atoms with Gasteiger partial charge in [-0.25, -0.2) is 13.4 Å². The average Bonchev–Trinajstić information content (AvgIpc) is 3.23. The van der Waals surface area contributed by atoms with Crippen LogP contribution in [0.4, 0.5) is 5.13 Å². The van der Waals surface area contributed by atoms with Gasteiger partial charge in [0, 0.05) is 29.6 Å². The van der Waals surface area contributed by atoms with Crippen LogP contribution in [-0.2, 0) is 14.8 Å². The maximum Gasteiger partial charge on any atom is 0.257 e. The molecule has 2 aromatic carbocycles. The highest BCUT2D eigenvalue weighted by molar-refractivity contribution is 7.89. The maximum atomic E-state index is 12.7. The summed E-state index contributed by atoms with van der Waals surface area (Å²) in [6.07, 6.45) is 0. The molecule has 1 saturated heterocycles. The molecule has 7 nitrogen and oxygen atoms in total. The number of carbonyl (C=O) groups is 1. The summed E-state index contributed by atoms with van der Waals surface area (Å²) in [4.78, 5) is 17.1. The van der Waals surface area contributed by atoms with Gasteiger partial charge in [0.2, 0.25) is 10.0 Å². The lowest BCUT2D eigenvalue weighted by Gasteiger charge is -2.26. The molecule has 1 aliphatic rings. The molecule has 1 aromatic heterocycles. The molecule has 2 heterocycles. The second-order valence-corrected chi connectivity index (χ2v) is 9.69. The first-order valence-electron chi connectivity index (χ1n) is 9.45. The molecule has 30 heavy (non-hydrogen) atoms. The summed E-state index contributed by atoms with van der Waals surface area (Å²) in [5.41, 5.74) is 3.11. The molecule has 1 aliphatic heterocycles. The molecule has 4 rings (SSSR count). The number of carbonyl (C=O) groups excluding carboxylic acids is 1. The van der Waals surface area contributed by atoms with Gasteiger partial charge in [-0.15, -0.1) is 11.3 Å². The van der Waals surface area contributed by atoms with Crippen molar-refractivity contribution < 1.29 is 17.9 Å². The molecule has 1 N–H and O–H groups in total. The number of hydrogen-bond acceptors (Lipinski definition) is 6. The average molecular weight is 444 g/mol. The third kappa shape index (κ3) is 4.44. The van der Waals surface area contributed by atoms with Crippen LogP contribution in [0.1, 0.15) is 15.9 Å². The van der Waals surface area contributed by atoms with Gasteiger partial charge in [-0.1, -0.05) is 29.8 Å². The summed E-state index contributed by atoms with van der Waals surface area (Å²) in [7, 11) is -3.53. The minimum absolute atomic E-state index is 0.220. The number of morpholine rings is 1. The van der Waals surface area contributed by atoms with Crippen molar-refractivity contribution in [3.8, 4) is 11.3 Å². The Morgan fingerprint density at radius 3 is 2.40 bits per heavy atom. The van der Waals surface area contributed by atoms with E-state index in [1.54, 1.807) is 36.4 Å². The third-order valence-corrected chi connectivity index (χ3v) is 7.47. The molecule has 0 saturated carbocycles. The van der Waals surface area contributed by atoms with E-state index in [-0.39, 0.29) is 10.8 Å². The normalized spacial score (nSPS) is 15.1. The highest BCUT2D eigenvalue weighted by Crippen LogP contribution is 2.27. The van der Waals surface area contributed by atoms with Crippen molar-refractivity contribution in [3.63, 3.8) is 0 Å². The minimum Gasteiger partial charge on any atom is -0.379 e. The van der Waals surface area contributed by atoms with Crippen LogP contribution in [0.2, 0.25) is 0 Å². The number of ether oxygens (including phenoxy) is 1. The molecule has 0 bridgehead atoms. The predicted octanol–water partition coefficient (Wildman–Crippen LogP) is 3.39. The zero-order valence-corrected chi connectivity index (χ0v) is 18.0. The Balaban J connectivity index is 1.47. The Hall–Kier alpha value is -2.59. The zero-order valence-electron chi connectivity index (χ0n) is 16.4. The minimum atomic E-state index is -3.53. The molecule has 0 atom stereocenters. The van der Waals surface area contributed by atoms with Crippen molar-refractivity contribution in [2.24, 2.45) is 0 Å². The van der Waals surface area contributed by atoms with Crippen molar-refractivity contribution in [2.75, 3.05) is 31.6 Å². The van der Waals surface area contributed by atoms with Gasteiger partial charge < -0.3 is 4.74 Å². The van der Waals surface area contributed by atoms with Crippen LogP contribution in [0, 0.1) is 6.92 Å². The van der Waals surface area contributed by atoms with Crippen molar-refractivity contribution in [1.29, 1.82) is 0 Å².